The molecule has 0 aliphatic carbocycles. The van der Waals surface area contributed by atoms with Crippen molar-refractivity contribution in [2.75, 3.05) is 31.2 Å². The van der Waals surface area contributed by atoms with Crippen LogP contribution in [0, 0.1) is 0 Å². The molecule has 1 aromatic heterocycles. The molecule has 0 aliphatic heterocycles. The van der Waals surface area contributed by atoms with Gasteiger partial charge in [-0.2, -0.15) is 0 Å². The number of anilines is 2. The van der Waals surface area contributed by atoms with E-state index in [0.29, 0.717) is 30.2 Å². The van der Waals surface area contributed by atoms with E-state index in [1.807, 2.05) is 19.9 Å². The van der Waals surface area contributed by atoms with Gasteiger partial charge in [-0.05, 0) is 32.0 Å². The molecule has 0 spiro atoms. The zero-order valence-electron chi connectivity index (χ0n) is 13.3. The molecule has 122 valence electrons. The molecule has 0 radical (unpaired) electrons. The molecule has 0 atom stereocenters. The van der Waals surface area contributed by atoms with Gasteiger partial charge in [0.1, 0.15) is 5.75 Å². The zero-order valence-corrected chi connectivity index (χ0v) is 13.3. The van der Waals surface area contributed by atoms with Crippen molar-refractivity contribution >= 4 is 17.5 Å². The highest BCUT2D eigenvalue weighted by Gasteiger charge is 2.12. The van der Waals surface area contributed by atoms with Gasteiger partial charge < -0.3 is 21.1 Å². The predicted molar refractivity (Wildman–Crippen MR) is 89.7 cm³/mol. The fraction of sp³-hybridized carbons (Fsp3) is 0.312. The van der Waals surface area contributed by atoms with Gasteiger partial charge in [-0.15, -0.1) is 0 Å². The Morgan fingerprint density at radius 3 is 2.61 bits per heavy atom. The average molecular weight is 315 g/mol. The number of likely N-dealkylation sites (N-methyl/N-ethyl adjacent to an activating group) is 1. The molecule has 0 bridgehead atoms. The van der Waals surface area contributed by atoms with Crippen molar-refractivity contribution in [3.8, 4) is 17.0 Å². The van der Waals surface area contributed by atoms with Gasteiger partial charge in [0.25, 0.3) is 5.91 Å². The van der Waals surface area contributed by atoms with E-state index < -0.39 is 0 Å². The predicted octanol–water partition coefficient (Wildman–Crippen LogP) is 1.56. The molecular weight excluding hydrogens is 294 g/mol. The summed E-state index contributed by atoms with van der Waals surface area (Å²) in [5.74, 6) is 0.560. The zero-order chi connectivity index (χ0) is 16.8. The van der Waals surface area contributed by atoms with E-state index in [1.165, 1.54) is 0 Å². The van der Waals surface area contributed by atoms with Crippen molar-refractivity contribution in [3.05, 3.63) is 30.5 Å². The van der Waals surface area contributed by atoms with Gasteiger partial charge >= 0.3 is 0 Å². The summed E-state index contributed by atoms with van der Waals surface area (Å²) < 4.78 is 5.58. The second-order valence-electron chi connectivity index (χ2n) is 4.91. The van der Waals surface area contributed by atoms with Gasteiger partial charge in [0, 0.05) is 24.8 Å². The molecule has 0 unspecified atom stereocenters. The Balaban J connectivity index is 2.16. The van der Waals surface area contributed by atoms with E-state index in [9.17, 15) is 4.79 Å². The second kappa shape index (κ2) is 7.44. The van der Waals surface area contributed by atoms with Crippen molar-refractivity contribution in [1.82, 2.24) is 14.9 Å². The lowest BCUT2D eigenvalue weighted by atomic mass is 10.1. The summed E-state index contributed by atoms with van der Waals surface area (Å²) in [4.78, 5) is 21.7. The SMILES string of the molecule is CCN(CC)C(=O)COc1cc(-c2ccnc(N)n2)ccc1N. The van der Waals surface area contributed by atoms with Crippen LogP contribution < -0.4 is 16.2 Å². The Hall–Kier alpha value is -2.83. The van der Waals surface area contributed by atoms with Gasteiger partial charge in [0.15, 0.2) is 6.61 Å². The minimum absolute atomic E-state index is 0.0543. The van der Waals surface area contributed by atoms with Crippen LogP contribution in [0.2, 0.25) is 0 Å². The number of hydrogen-bond acceptors (Lipinski definition) is 6. The Morgan fingerprint density at radius 1 is 1.22 bits per heavy atom. The Morgan fingerprint density at radius 2 is 1.96 bits per heavy atom. The molecule has 23 heavy (non-hydrogen) atoms. The van der Waals surface area contributed by atoms with Gasteiger partial charge in [-0.1, -0.05) is 6.07 Å². The Kier molecular flexibility index (Phi) is 5.35. The fourth-order valence-corrected chi connectivity index (χ4v) is 2.16. The molecule has 2 aromatic rings. The van der Waals surface area contributed by atoms with Crippen molar-refractivity contribution < 1.29 is 9.53 Å². The maximum atomic E-state index is 12.0. The van der Waals surface area contributed by atoms with Crippen LogP contribution in [0.15, 0.2) is 30.5 Å². The lowest BCUT2D eigenvalue weighted by Gasteiger charge is -2.19. The molecule has 1 aromatic carbocycles. The van der Waals surface area contributed by atoms with E-state index in [-0.39, 0.29) is 18.5 Å². The van der Waals surface area contributed by atoms with Crippen LogP contribution in [-0.4, -0.2) is 40.5 Å². The number of aromatic nitrogens is 2. The molecule has 0 aliphatic rings. The minimum atomic E-state index is -0.0777. The van der Waals surface area contributed by atoms with E-state index in [2.05, 4.69) is 9.97 Å². The number of nitrogens with zero attached hydrogens (tertiary/aromatic N) is 3. The van der Waals surface area contributed by atoms with Crippen LogP contribution >= 0.6 is 0 Å². The first-order chi connectivity index (χ1) is 11.0. The number of carbonyl (C=O) groups is 1. The second-order valence-corrected chi connectivity index (χ2v) is 4.91. The quantitative estimate of drug-likeness (QED) is 0.783. The fourth-order valence-electron chi connectivity index (χ4n) is 2.16. The molecule has 2 rings (SSSR count). The molecule has 7 heteroatoms. The third kappa shape index (κ3) is 4.09. The van der Waals surface area contributed by atoms with Crippen LogP contribution in [0.1, 0.15) is 13.8 Å². The number of nitrogen functional groups attached to an aromatic ring is 2. The molecule has 0 saturated carbocycles. The van der Waals surface area contributed by atoms with Gasteiger partial charge in [-0.25, -0.2) is 9.97 Å². The number of carbonyl (C=O) groups excluding carboxylic acids is 1. The number of benzene rings is 1. The number of amides is 1. The summed E-state index contributed by atoms with van der Waals surface area (Å²) in [6.45, 7) is 5.09. The molecule has 0 saturated heterocycles. The first-order valence-electron chi connectivity index (χ1n) is 7.44. The average Bonchev–Trinajstić information content (AvgIpc) is 2.55. The number of nitrogens with two attached hydrogens (primary N) is 2. The first kappa shape index (κ1) is 16.5. The Labute approximate surface area is 135 Å². The first-order valence-corrected chi connectivity index (χ1v) is 7.44. The maximum absolute atomic E-state index is 12.0. The van der Waals surface area contributed by atoms with Crippen molar-refractivity contribution in [2.24, 2.45) is 0 Å². The lowest BCUT2D eigenvalue weighted by molar-refractivity contribution is -0.132. The van der Waals surface area contributed by atoms with E-state index in [4.69, 9.17) is 16.2 Å². The van der Waals surface area contributed by atoms with Crippen LogP contribution in [0.4, 0.5) is 11.6 Å². The third-order valence-corrected chi connectivity index (χ3v) is 3.45. The standard InChI is InChI=1S/C16H21N5O2/c1-3-21(4-2)15(22)10-23-14-9-11(5-6-12(14)17)13-7-8-19-16(18)20-13/h5-9H,3-4,10,17H2,1-2H3,(H2,18,19,20). The van der Waals surface area contributed by atoms with Crippen LogP contribution in [0.5, 0.6) is 5.75 Å². The van der Waals surface area contributed by atoms with Gasteiger partial charge in [-0.3, -0.25) is 4.79 Å². The Bertz CT molecular complexity index is 686. The molecule has 0 fully saturated rings. The topological polar surface area (TPSA) is 107 Å². The molecule has 1 heterocycles. The highest BCUT2D eigenvalue weighted by molar-refractivity contribution is 5.78. The largest absolute Gasteiger partial charge is 0.482 e. The molecule has 4 N–H and O–H groups in total. The summed E-state index contributed by atoms with van der Waals surface area (Å²) in [5, 5.41) is 0. The van der Waals surface area contributed by atoms with Gasteiger partial charge in [0.2, 0.25) is 5.95 Å². The van der Waals surface area contributed by atoms with Crippen molar-refractivity contribution in [3.63, 3.8) is 0 Å². The number of hydrogen-bond donors (Lipinski definition) is 2. The maximum Gasteiger partial charge on any atom is 0.260 e. The third-order valence-electron chi connectivity index (χ3n) is 3.45. The summed E-state index contributed by atoms with van der Waals surface area (Å²) in [6, 6.07) is 7.01. The van der Waals surface area contributed by atoms with E-state index in [0.717, 1.165) is 5.56 Å². The summed E-state index contributed by atoms with van der Waals surface area (Å²) in [6.07, 6.45) is 1.58. The lowest BCUT2D eigenvalue weighted by Crippen LogP contribution is -2.34. The smallest absolute Gasteiger partial charge is 0.260 e. The summed E-state index contributed by atoms with van der Waals surface area (Å²) >= 11 is 0. The van der Waals surface area contributed by atoms with E-state index in [1.54, 1.807) is 29.3 Å². The van der Waals surface area contributed by atoms with Crippen LogP contribution in [0.3, 0.4) is 0 Å². The molecule has 7 nitrogen and oxygen atoms in total. The van der Waals surface area contributed by atoms with Crippen LogP contribution in [0.25, 0.3) is 11.3 Å². The highest BCUT2D eigenvalue weighted by atomic mass is 16.5. The van der Waals surface area contributed by atoms with Crippen molar-refractivity contribution in [1.29, 1.82) is 0 Å². The summed E-state index contributed by atoms with van der Waals surface area (Å²) in [5.41, 5.74) is 13.4. The normalized spacial score (nSPS) is 10.3. The minimum Gasteiger partial charge on any atom is -0.482 e. The molecular formula is C16H21N5O2. The monoisotopic (exact) mass is 315 g/mol. The number of rotatable bonds is 6. The van der Waals surface area contributed by atoms with Crippen LogP contribution in [-0.2, 0) is 4.79 Å². The highest BCUT2D eigenvalue weighted by Crippen LogP contribution is 2.28. The van der Waals surface area contributed by atoms with E-state index >= 15 is 0 Å². The molecule has 1 amide bonds. The van der Waals surface area contributed by atoms with Gasteiger partial charge in [0.05, 0.1) is 11.4 Å². The number of ether oxygens (including phenoxy) is 1. The van der Waals surface area contributed by atoms with Crippen molar-refractivity contribution in [2.45, 2.75) is 13.8 Å². The summed E-state index contributed by atoms with van der Waals surface area (Å²) in [7, 11) is 0.